The molecule has 0 aliphatic carbocycles. The topological polar surface area (TPSA) is 57.6 Å². The predicted molar refractivity (Wildman–Crippen MR) is 71.8 cm³/mol. The third-order valence-corrected chi connectivity index (χ3v) is 3.69. The van der Waals surface area contributed by atoms with Crippen LogP contribution in [0.1, 0.15) is 33.3 Å². The summed E-state index contributed by atoms with van der Waals surface area (Å²) in [5.74, 6) is 0. The van der Waals surface area contributed by atoms with Crippen LogP contribution in [-0.2, 0) is 9.31 Å². The summed E-state index contributed by atoms with van der Waals surface area (Å²) < 4.78 is 17.0. The Kier molecular flexibility index (Phi) is 3.40. The second-order valence-electron chi connectivity index (χ2n) is 5.57. The lowest BCUT2D eigenvalue weighted by molar-refractivity contribution is 0.00578. The molecule has 5 heteroatoms. The van der Waals surface area contributed by atoms with E-state index in [0.29, 0.717) is 6.54 Å². The van der Waals surface area contributed by atoms with Gasteiger partial charge in [0, 0.05) is 12.1 Å². The zero-order valence-electron chi connectivity index (χ0n) is 11.4. The van der Waals surface area contributed by atoms with E-state index in [-0.39, 0.29) is 11.2 Å². The highest BCUT2D eigenvalue weighted by Crippen LogP contribution is 2.38. The van der Waals surface area contributed by atoms with Crippen molar-refractivity contribution in [3.05, 3.63) is 29.6 Å². The summed E-state index contributed by atoms with van der Waals surface area (Å²) in [7, 11) is -0.394. The van der Waals surface area contributed by atoms with Gasteiger partial charge in [-0.15, -0.1) is 0 Å². The largest absolute Gasteiger partial charge is 0.491 e. The van der Waals surface area contributed by atoms with Gasteiger partial charge in [-0.05, 0) is 39.2 Å². The minimum absolute atomic E-state index is 0.345. The molecule has 0 amide bonds. The van der Waals surface area contributed by atoms with Gasteiger partial charge in [0.15, 0.2) is 0 Å². The van der Waals surface area contributed by atoms with E-state index in [4.69, 9.17) is 19.5 Å². The highest BCUT2D eigenvalue weighted by atomic mass is 16.7. The number of hydrogen-bond acceptors (Lipinski definition) is 4. The fourth-order valence-corrected chi connectivity index (χ4v) is 1.79. The van der Waals surface area contributed by atoms with Crippen LogP contribution in [0.25, 0.3) is 6.08 Å². The summed E-state index contributed by atoms with van der Waals surface area (Å²) in [5, 5.41) is 0. The van der Waals surface area contributed by atoms with Gasteiger partial charge >= 0.3 is 7.12 Å². The molecule has 2 heterocycles. The molecule has 2 N–H and O–H groups in total. The number of furan rings is 1. The molecule has 0 bridgehead atoms. The molecule has 1 aromatic heterocycles. The molecule has 0 aromatic carbocycles. The maximum absolute atomic E-state index is 5.96. The van der Waals surface area contributed by atoms with E-state index in [9.17, 15) is 0 Å². The quantitative estimate of drug-likeness (QED) is 0.834. The third-order valence-electron chi connectivity index (χ3n) is 3.69. The fourth-order valence-electron chi connectivity index (χ4n) is 1.79. The van der Waals surface area contributed by atoms with E-state index in [0.717, 1.165) is 11.0 Å². The summed E-state index contributed by atoms with van der Waals surface area (Å²) in [5.41, 5.74) is 6.97. The van der Waals surface area contributed by atoms with Gasteiger partial charge in [0.05, 0.1) is 23.7 Å². The third kappa shape index (κ3) is 2.39. The average Bonchev–Trinajstić information content (AvgIpc) is 2.82. The summed E-state index contributed by atoms with van der Waals surface area (Å²) in [6.45, 7) is 8.50. The molecule has 1 aliphatic rings. The molecule has 0 atom stereocenters. The van der Waals surface area contributed by atoms with Crippen LogP contribution in [0.4, 0.5) is 0 Å². The molecule has 1 fully saturated rings. The minimum Gasteiger partial charge on any atom is -0.472 e. The molecular weight excluding hydrogens is 229 g/mol. The van der Waals surface area contributed by atoms with Gasteiger partial charge in [0.2, 0.25) is 0 Å². The molecule has 2 rings (SSSR count). The Morgan fingerprint density at radius 2 is 1.89 bits per heavy atom. The number of nitrogens with two attached hydrogens (primary N) is 1. The van der Waals surface area contributed by atoms with Gasteiger partial charge < -0.3 is 19.5 Å². The highest BCUT2D eigenvalue weighted by molar-refractivity contribution is 6.55. The molecule has 1 aliphatic heterocycles. The van der Waals surface area contributed by atoms with E-state index in [1.165, 1.54) is 0 Å². The molecule has 1 saturated heterocycles. The van der Waals surface area contributed by atoms with Crippen molar-refractivity contribution >= 4 is 13.2 Å². The SMILES string of the molecule is CC1(C)OB(C(=Cc2ccoc2)CN)OC1(C)C. The van der Waals surface area contributed by atoms with Crippen molar-refractivity contribution in [2.24, 2.45) is 5.73 Å². The average molecular weight is 249 g/mol. The Labute approximate surface area is 108 Å². The Morgan fingerprint density at radius 3 is 2.33 bits per heavy atom. The highest BCUT2D eigenvalue weighted by Gasteiger charge is 2.52. The first-order chi connectivity index (χ1) is 8.36. The minimum atomic E-state index is -0.394. The number of hydrogen-bond donors (Lipinski definition) is 1. The van der Waals surface area contributed by atoms with Crippen LogP contribution < -0.4 is 5.73 Å². The van der Waals surface area contributed by atoms with Crippen LogP contribution in [0.2, 0.25) is 0 Å². The molecular formula is C13H20BNO3. The molecule has 0 spiro atoms. The predicted octanol–water partition coefficient (Wildman–Crippen LogP) is 2.25. The second-order valence-corrected chi connectivity index (χ2v) is 5.57. The maximum Gasteiger partial charge on any atom is 0.491 e. The summed E-state index contributed by atoms with van der Waals surface area (Å²) in [4.78, 5) is 0. The molecule has 98 valence electrons. The van der Waals surface area contributed by atoms with E-state index < -0.39 is 7.12 Å². The first-order valence-electron chi connectivity index (χ1n) is 6.14. The standard InChI is InChI=1S/C13H20BNO3/c1-12(2)13(3,4)18-14(17-12)11(8-15)7-10-5-6-16-9-10/h5-7,9H,8,15H2,1-4H3. The summed E-state index contributed by atoms with van der Waals surface area (Å²) in [6.07, 6.45) is 5.25. The van der Waals surface area contributed by atoms with Gasteiger partial charge in [0.1, 0.15) is 0 Å². The molecule has 4 nitrogen and oxygen atoms in total. The molecule has 0 radical (unpaired) electrons. The summed E-state index contributed by atoms with van der Waals surface area (Å²) >= 11 is 0. The fraction of sp³-hybridized carbons (Fsp3) is 0.538. The Balaban J connectivity index is 2.22. The first kappa shape index (κ1) is 13.4. The lowest BCUT2D eigenvalue weighted by Crippen LogP contribution is -2.41. The van der Waals surface area contributed by atoms with Crippen molar-refractivity contribution in [1.29, 1.82) is 0 Å². The van der Waals surface area contributed by atoms with Gasteiger partial charge in [-0.25, -0.2) is 0 Å². The van der Waals surface area contributed by atoms with E-state index in [1.807, 2.05) is 39.8 Å². The van der Waals surface area contributed by atoms with Crippen LogP contribution in [0.3, 0.4) is 0 Å². The van der Waals surface area contributed by atoms with Crippen LogP contribution in [0.5, 0.6) is 0 Å². The molecule has 18 heavy (non-hydrogen) atoms. The van der Waals surface area contributed by atoms with Gasteiger partial charge in [0.25, 0.3) is 0 Å². The van der Waals surface area contributed by atoms with Crippen LogP contribution >= 0.6 is 0 Å². The van der Waals surface area contributed by atoms with Crippen molar-refractivity contribution in [3.63, 3.8) is 0 Å². The summed E-state index contributed by atoms with van der Waals surface area (Å²) in [6, 6.07) is 1.88. The Morgan fingerprint density at radius 1 is 1.28 bits per heavy atom. The molecule has 1 aromatic rings. The van der Waals surface area contributed by atoms with Crippen LogP contribution in [0, 0.1) is 0 Å². The zero-order chi connectivity index (χ0) is 13.4. The van der Waals surface area contributed by atoms with Crippen LogP contribution in [-0.4, -0.2) is 24.9 Å². The van der Waals surface area contributed by atoms with E-state index in [1.54, 1.807) is 12.5 Å². The van der Waals surface area contributed by atoms with Gasteiger partial charge in [-0.3, -0.25) is 0 Å². The normalized spacial score (nSPS) is 22.5. The second kappa shape index (κ2) is 4.57. The van der Waals surface area contributed by atoms with Crippen molar-refractivity contribution in [2.45, 2.75) is 38.9 Å². The maximum atomic E-state index is 5.96. The Hall–Kier alpha value is -1.04. The lowest BCUT2D eigenvalue weighted by atomic mass is 9.77. The van der Waals surface area contributed by atoms with Crippen molar-refractivity contribution in [2.75, 3.05) is 6.54 Å². The zero-order valence-corrected chi connectivity index (χ0v) is 11.4. The number of rotatable bonds is 3. The van der Waals surface area contributed by atoms with E-state index in [2.05, 4.69) is 0 Å². The van der Waals surface area contributed by atoms with Crippen molar-refractivity contribution in [3.8, 4) is 0 Å². The van der Waals surface area contributed by atoms with E-state index >= 15 is 0 Å². The Bertz CT molecular complexity index is 421. The van der Waals surface area contributed by atoms with Gasteiger partial charge in [-0.2, -0.15) is 0 Å². The van der Waals surface area contributed by atoms with Crippen molar-refractivity contribution in [1.82, 2.24) is 0 Å². The lowest BCUT2D eigenvalue weighted by Gasteiger charge is -2.32. The molecule has 0 unspecified atom stereocenters. The monoisotopic (exact) mass is 249 g/mol. The van der Waals surface area contributed by atoms with Crippen LogP contribution in [0.15, 0.2) is 28.5 Å². The van der Waals surface area contributed by atoms with Gasteiger partial charge in [-0.1, -0.05) is 6.08 Å². The first-order valence-corrected chi connectivity index (χ1v) is 6.14. The molecule has 0 saturated carbocycles. The smallest absolute Gasteiger partial charge is 0.472 e. The van der Waals surface area contributed by atoms with Crippen molar-refractivity contribution < 1.29 is 13.7 Å².